The van der Waals surface area contributed by atoms with Crippen molar-refractivity contribution < 1.29 is 60.6 Å². The zero-order chi connectivity index (χ0) is 24.7. The molecule has 6 atom stereocenters. The van der Waals surface area contributed by atoms with E-state index in [0.717, 1.165) is 0 Å². The Bertz CT molecular complexity index is 1130. The highest BCUT2D eigenvalue weighted by Gasteiger charge is 2.55. The van der Waals surface area contributed by atoms with Crippen LogP contribution in [0.5, 0.6) is 0 Å². The number of aliphatic hydroxyl groups excluding tert-OH is 1. The first-order chi connectivity index (χ1) is 14.4. The van der Waals surface area contributed by atoms with Crippen molar-refractivity contribution in [2.45, 2.75) is 24.0 Å². The summed E-state index contributed by atoms with van der Waals surface area (Å²) in [5, 5.41) is 10.4. The monoisotopic (exact) mass is 524 g/mol. The van der Waals surface area contributed by atoms with Gasteiger partial charge in [0, 0.05) is 0 Å². The third kappa shape index (κ3) is 6.07. The summed E-state index contributed by atoms with van der Waals surface area (Å²) in [4.78, 5) is 50.8. The molecule has 1 aliphatic rings. The third-order valence-corrected chi connectivity index (χ3v) is 7.61. The minimum Gasteiger partial charge on any atom is -0.387 e. The van der Waals surface area contributed by atoms with Crippen LogP contribution in [-0.4, -0.2) is 58.6 Å². The maximum atomic E-state index is 13.8. The number of phosphoric acid groups is 3. The number of anilines is 1. The topological polar surface area (TPSA) is 276 Å². The molecule has 4 unspecified atom stereocenters. The Morgan fingerprint density at radius 1 is 1.28 bits per heavy atom. The Hall–Kier alpha value is -1.54. The van der Waals surface area contributed by atoms with E-state index < -0.39 is 71.4 Å². The van der Waals surface area contributed by atoms with Crippen LogP contribution in [-0.2, 0) is 31.6 Å². The summed E-state index contributed by atoms with van der Waals surface area (Å²) in [7, 11) is -17.0. The van der Waals surface area contributed by atoms with E-state index in [9.17, 15) is 32.9 Å². The van der Waals surface area contributed by atoms with E-state index in [2.05, 4.69) is 18.1 Å². The van der Waals surface area contributed by atoms with Gasteiger partial charge < -0.3 is 40.9 Å². The first kappa shape index (κ1) is 26.7. The van der Waals surface area contributed by atoms with E-state index in [1.165, 1.54) is 0 Å². The molecule has 1 aromatic heterocycles. The van der Waals surface area contributed by atoms with Crippen molar-refractivity contribution in [1.29, 1.82) is 0 Å². The zero-order valence-corrected chi connectivity index (χ0v) is 18.0. The van der Waals surface area contributed by atoms with Crippen LogP contribution in [0.3, 0.4) is 0 Å². The maximum absolute atomic E-state index is 13.8. The Labute approximate surface area is 177 Å². The van der Waals surface area contributed by atoms with Gasteiger partial charge in [0.05, 0.1) is 12.8 Å². The first-order valence-electron chi connectivity index (χ1n) is 7.83. The lowest BCUT2D eigenvalue weighted by Gasteiger charge is -2.27. The Morgan fingerprint density at radius 3 is 2.41 bits per heavy atom. The number of phosphoric ester groups is 1. The van der Waals surface area contributed by atoms with E-state index in [-0.39, 0.29) is 0 Å². The average molecular weight is 524 g/mol. The molecule has 1 aliphatic heterocycles. The smallest absolute Gasteiger partial charge is 0.387 e. The summed E-state index contributed by atoms with van der Waals surface area (Å²) >= 11 is 0. The summed E-state index contributed by atoms with van der Waals surface area (Å²) in [6.45, 7) is -1.14. The second-order valence-electron chi connectivity index (χ2n) is 6.10. The molecule has 0 spiro atoms. The number of aliphatic hydroxyl groups is 1. The van der Waals surface area contributed by atoms with E-state index in [1.807, 2.05) is 5.92 Å². The fourth-order valence-electron chi connectivity index (χ4n) is 2.49. The van der Waals surface area contributed by atoms with Crippen LogP contribution in [0.15, 0.2) is 11.0 Å². The molecule has 0 saturated carbocycles. The van der Waals surface area contributed by atoms with Gasteiger partial charge in [-0.2, -0.15) is 13.6 Å². The van der Waals surface area contributed by atoms with Crippen molar-refractivity contribution in [2.24, 2.45) is 5.73 Å². The van der Waals surface area contributed by atoms with Crippen LogP contribution in [0.4, 0.5) is 10.2 Å². The van der Waals surface area contributed by atoms with Gasteiger partial charge in [-0.1, -0.05) is 5.92 Å². The van der Waals surface area contributed by atoms with Crippen LogP contribution in [0.25, 0.3) is 0 Å². The average Bonchev–Trinajstić information content (AvgIpc) is 2.85. The summed E-state index contributed by atoms with van der Waals surface area (Å²) in [6.07, 6.45) is 0.397. The predicted molar refractivity (Wildman–Crippen MR) is 98.4 cm³/mol. The third-order valence-electron chi connectivity index (χ3n) is 3.81. The molecule has 0 aromatic carbocycles. The highest BCUT2D eigenvalue weighted by atomic mass is 31.3. The molecule has 0 aliphatic carbocycles. The number of aromatic nitrogens is 2. The molecule has 32 heavy (non-hydrogen) atoms. The Kier molecular flexibility index (Phi) is 7.52. The van der Waals surface area contributed by atoms with E-state index >= 15 is 0 Å². The predicted octanol–water partition coefficient (Wildman–Crippen LogP) is -2.10. The molecule has 9 N–H and O–H groups in total. The van der Waals surface area contributed by atoms with Gasteiger partial charge in [0.1, 0.15) is 12.2 Å². The number of hydrogen-bond acceptors (Lipinski definition) is 12. The number of hydrogen-bond donors (Lipinski definition) is 7. The van der Waals surface area contributed by atoms with Crippen molar-refractivity contribution in [1.82, 2.24) is 9.55 Å². The number of rotatable bonds is 8. The summed E-state index contributed by atoms with van der Waals surface area (Å²) in [5.41, 5.74) is 7.63. The normalized spacial score (nSPS) is 29.8. The fraction of sp³-hybridized carbons (Fsp3) is 0.455. The van der Waals surface area contributed by atoms with Gasteiger partial charge in [0.2, 0.25) is 0 Å². The van der Waals surface area contributed by atoms with Crippen molar-refractivity contribution >= 4 is 29.3 Å². The number of nitrogens with zero attached hydrogens (tertiary/aromatic N) is 2. The van der Waals surface area contributed by atoms with Crippen molar-refractivity contribution in [2.75, 3.05) is 12.3 Å². The van der Waals surface area contributed by atoms with Gasteiger partial charge >= 0.3 is 29.2 Å². The van der Waals surface area contributed by atoms with Crippen LogP contribution >= 0.6 is 23.5 Å². The molecule has 1 saturated heterocycles. The molecule has 17 nitrogen and oxygen atoms in total. The summed E-state index contributed by atoms with van der Waals surface area (Å²) < 4.78 is 64.6. The fourth-order valence-corrected chi connectivity index (χ4v) is 5.52. The lowest BCUT2D eigenvalue weighted by molar-refractivity contribution is -0.0470. The van der Waals surface area contributed by atoms with Crippen LogP contribution in [0.1, 0.15) is 6.23 Å². The molecular weight excluding hydrogens is 508 g/mol. The molecule has 21 heteroatoms. The lowest BCUT2D eigenvalue weighted by Crippen LogP contribution is -2.55. The molecule has 180 valence electrons. The molecule has 0 bridgehead atoms. The van der Waals surface area contributed by atoms with Crippen molar-refractivity contribution in [3.63, 3.8) is 0 Å². The highest BCUT2D eigenvalue weighted by molar-refractivity contribution is 7.66. The van der Waals surface area contributed by atoms with Gasteiger partial charge in [-0.3, -0.25) is 9.09 Å². The lowest BCUT2D eigenvalue weighted by atomic mass is 9.92. The maximum Gasteiger partial charge on any atom is 0.490 e. The van der Waals surface area contributed by atoms with Gasteiger partial charge in [-0.25, -0.2) is 22.9 Å². The number of nitrogen functional groups attached to an aromatic ring is 1. The summed E-state index contributed by atoms with van der Waals surface area (Å²) in [6, 6.07) is 0. The number of nitrogens with two attached hydrogens (primary N) is 2. The van der Waals surface area contributed by atoms with Crippen LogP contribution < -0.4 is 17.2 Å². The van der Waals surface area contributed by atoms with E-state index in [0.29, 0.717) is 10.8 Å². The van der Waals surface area contributed by atoms with Crippen molar-refractivity contribution in [3.05, 3.63) is 22.5 Å². The molecule has 0 amide bonds. The highest BCUT2D eigenvalue weighted by Crippen LogP contribution is 2.66. The Balaban J connectivity index is 2.22. The van der Waals surface area contributed by atoms with Crippen LogP contribution in [0.2, 0.25) is 0 Å². The van der Waals surface area contributed by atoms with Gasteiger partial charge in [0.15, 0.2) is 23.4 Å². The Morgan fingerprint density at radius 2 is 1.88 bits per heavy atom. The van der Waals surface area contributed by atoms with Crippen molar-refractivity contribution in [3.8, 4) is 12.3 Å². The molecule has 1 aromatic rings. The van der Waals surface area contributed by atoms with E-state index in [1.54, 1.807) is 0 Å². The minimum atomic E-state index is -5.79. The number of halogens is 1. The quantitative estimate of drug-likeness (QED) is 0.142. The van der Waals surface area contributed by atoms with Gasteiger partial charge in [-0.15, -0.1) is 6.42 Å². The second-order valence-corrected chi connectivity index (χ2v) is 10.5. The molecular formula is C11H16FN4O13P3. The number of terminal acetylenes is 1. The second kappa shape index (κ2) is 9.01. The molecule has 2 heterocycles. The molecule has 1 fully saturated rings. The SMILES string of the molecule is C#CC1(N)C(O)[C@@H](COP(=O)(O)OP(=O)(O)OP(=O)(O)O)O[C@H]1n1cc(F)c(N)nc1=O. The van der Waals surface area contributed by atoms with Gasteiger partial charge in [-0.05, 0) is 0 Å². The van der Waals surface area contributed by atoms with E-state index in [4.69, 9.17) is 37.3 Å². The minimum absolute atomic E-state index is 0.458. The van der Waals surface area contributed by atoms with Crippen LogP contribution in [0, 0.1) is 18.2 Å². The first-order valence-corrected chi connectivity index (χ1v) is 12.4. The zero-order valence-electron chi connectivity index (χ0n) is 15.4. The molecule has 0 radical (unpaired) electrons. The number of ether oxygens (including phenoxy) is 1. The summed E-state index contributed by atoms with van der Waals surface area (Å²) in [5.74, 6) is 0.0229. The standard InChI is InChI=1S/C11H16FN4O13P3/c1-2-11(14)7(17)6(27-9(11)16-3-5(12)8(13)15-10(16)18)4-26-31(22,23)29-32(24,25)28-30(19,20)21/h1,3,6-7,9,17H,4,14H2,(H,22,23)(H,24,25)(H2,13,15,18)(H2,19,20,21)/t6-,7?,9-,11?/m1/s1. The largest absolute Gasteiger partial charge is 0.490 e. The molecule has 2 rings (SSSR count). The van der Waals surface area contributed by atoms with Gasteiger partial charge in [0.25, 0.3) is 0 Å².